The molecule has 1 amide bonds. The van der Waals surface area contributed by atoms with Crippen LogP contribution in [0.2, 0.25) is 0 Å². The predicted molar refractivity (Wildman–Crippen MR) is 137 cm³/mol. The summed E-state index contributed by atoms with van der Waals surface area (Å²) < 4.78 is 40.7. The molecular formula is C28H25F3N4O. The molecule has 0 atom stereocenters. The Kier molecular flexibility index (Phi) is 7.24. The van der Waals surface area contributed by atoms with Crippen LogP contribution in [0, 0.1) is 6.92 Å². The maximum absolute atomic E-state index is 13.6. The topological polar surface area (TPSA) is 80.0 Å². The van der Waals surface area contributed by atoms with Crippen molar-refractivity contribution in [2.24, 2.45) is 0 Å². The zero-order valence-corrected chi connectivity index (χ0v) is 19.6. The number of carbonyl (C=O) groups excluding carboxylic acids is 1. The van der Waals surface area contributed by atoms with Crippen molar-refractivity contribution < 1.29 is 18.0 Å². The summed E-state index contributed by atoms with van der Waals surface area (Å²) in [5.74, 6) is -0.147. The zero-order chi connectivity index (χ0) is 25.7. The van der Waals surface area contributed by atoms with Crippen molar-refractivity contribution >= 4 is 23.1 Å². The highest BCUT2D eigenvalue weighted by molar-refractivity contribution is 6.09. The number of aromatic nitrogens is 1. The van der Waals surface area contributed by atoms with Gasteiger partial charge in [0.05, 0.1) is 5.56 Å². The van der Waals surface area contributed by atoms with E-state index in [1.807, 2.05) is 18.2 Å². The smallest absolute Gasteiger partial charge is 0.385 e. The fraction of sp³-hybridized carbons (Fsp3) is 0.143. The van der Waals surface area contributed by atoms with Gasteiger partial charge in [-0.2, -0.15) is 13.2 Å². The van der Waals surface area contributed by atoms with Gasteiger partial charge in [-0.1, -0.05) is 42.5 Å². The van der Waals surface area contributed by atoms with Gasteiger partial charge < -0.3 is 16.4 Å². The molecule has 1 aromatic heterocycles. The van der Waals surface area contributed by atoms with Gasteiger partial charge in [0.2, 0.25) is 0 Å². The van der Waals surface area contributed by atoms with Gasteiger partial charge in [0, 0.05) is 35.6 Å². The van der Waals surface area contributed by atoms with Gasteiger partial charge in [0.1, 0.15) is 5.82 Å². The molecule has 4 N–H and O–H groups in total. The van der Waals surface area contributed by atoms with E-state index in [-0.39, 0.29) is 11.1 Å². The maximum Gasteiger partial charge on any atom is 0.416 e. The Morgan fingerprint density at radius 1 is 0.917 bits per heavy atom. The molecule has 8 heteroatoms. The fourth-order valence-corrected chi connectivity index (χ4v) is 3.90. The van der Waals surface area contributed by atoms with Gasteiger partial charge in [0.15, 0.2) is 0 Å². The molecule has 184 valence electrons. The highest BCUT2D eigenvalue weighted by Crippen LogP contribution is 2.36. The lowest BCUT2D eigenvalue weighted by atomic mass is 9.93. The number of halogens is 3. The van der Waals surface area contributed by atoms with Crippen molar-refractivity contribution in [2.75, 3.05) is 22.9 Å². The molecule has 4 rings (SSSR count). The largest absolute Gasteiger partial charge is 0.416 e. The number of carbonyl (C=O) groups is 1. The minimum atomic E-state index is -4.57. The number of nitrogens with zero attached hydrogens (tertiary/aromatic N) is 1. The van der Waals surface area contributed by atoms with Crippen LogP contribution in [0.4, 0.5) is 30.4 Å². The van der Waals surface area contributed by atoms with Gasteiger partial charge in [-0.05, 0) is 66.1 Å². The molecule has 0 saturated carbocycles. The van der Waals surface area contributed by atoms with Crippen LogP contribution in [0.1, 0.15) is 27.2 Å². The first-order valence-electron chi connectivity index (χ1n) is 11.3. The third-order valence-electron chi connectivity index (χ3n) is 5.68. The molecule has 0 aliphatic carbocycles. The van der Waals surface area contributed by atoms with E-state index < -0.39 is 17.6 Å². The molecule has 0 fully saturated rings. The van der Waals surface area contributed by atoms with Gasteiger partial charge in [-0.25, -0.2) is 4.98 Å². The van der Waals surface area contributed by atoms with Crippen LogP contribution in [-0.4, -0.2) is 17.4 Å². The van der Waals surface area contributed by atoms with Crippen molar-refractivity contribution in [2.45, 2.75) is 19.5 Å². The molecule has 0 bridgehead atoms. The van der Waals surface area contributed by atoms with Gasteiger partial charge >= 0.3 is 6.18 Å². The normalized spacial score (nSPS) is 11.2. The highest BCUT2D eigenvalue weighted by atomic mass is 19.4. The number of aryl methyl sites for hydroxylation is 1. The summed E-state index contributed by atoms with van der Waals surface area (Å²) in [7, 11) is 0. The second kappa shape index (κ2) is 10.5. The van der Waals surface area contributed by atoms with E-state index in [0.717, 1.165) is 17.4 Å². The van der Waals surface area contributed by atoms with Crippen LogP contribution < -0.4 is 16.4 Å². The average Bonchev–Trinajstić information content (AvgIpc) is 2.85. The number of hydrogen-bond acceptors (Lipinski definition) is 4. The number of rotatable bonds is 7. The molecule has 1 heterocycles. The lowest BCUT2D eigenvalue weighted by Crippen LogP contribution is -2.16. The Hall–Kier alpha value is -4.33. The molecule has 5 nitrogen and oxygen atoms in total. The Morgan fingerprint density at radius 3 is 2.28 bits per heavy atom. The average molecular weight is 491 g/mol. The third kappa shape index (κ3) is 6.02. The van der Waals surface area contributed by atoms with E-state index in [4.69, 9.17) is 5.73 Å². The van der Waals surface area contributed by atoms with Crippen LogP contribution in [0.25, 0.3) is 11.1 Å². The van der Waals surface area contributed by atoms with Crippen LogP contribution in [0.15, 0.2) is 84.9 Å². The molecular weight excluding hydrogens is 465 g/mol. The first kappa shape index (κ1) is 24.8. The lowest BCUT2D eigenvalue weighted by Gasteiger charge is -2.17. The molecule has 0 radical (unpaired) electrons. The van der Waals surface area contributed by atoms with Crippen LogP contribution >= 0.6 is 0 Å². The monoisotopic (exact) mass is 490 g/mol. The van der Waals surface area contributed by atoms with Crippen molar-refractivity contribution in [3.05, 3.63) is 107 Å². The number of alkyl halides is 3. The second-order valence-electron chi connectivity index (χ2n) is 8.34. The predicted octanol–water partition coefficient (Wildman–Crippen LogP) is 6.56. The minimum absolute atomic E-state index is 0.0454. The molecule has 0 aliphatic rings. The second-order valence-corrected chi connectivity index (χ2v) is 8.34. The van der Waals surface area contributed by atoms with Gasteiger partial charge in [-0.3, -0.25) is 4.79 Å². The van der Waals surface area contributed by atoms with Crippen LogP contribution in [-0.2, 0) is 12.6 Å². The Morgan fingerprint density at radius 2 is 1.61 bits per heavy atom. The highest BCUT2D eigenvalue weighted by Gasteiger charge is 2.34. The number of pyridine rings is 1. The third-order valence-corrected chi connectivity index (χ3v) is 5.68. The maximum atomic E-state index is 13.6. The number of amides is 1. The van der Waals surface area contributed by atoms with Gasteiger partial charge in [0.25, 0.3) is 5.91 Å². The Bertz CT molecular complexity index is 1350. The summed E-state index contributed by atoms with van der Waals surface area (Å²) in [5, 5.41) is 5.99. The summed E-state index contributed by atoms with van der Waals surface area (Å²) in [6.45, 7) is 2.03. The summed E-state index contributed by atoms with van der Waals surface area (Å²) in [6, 6.07) is 23.7. The number of nitrogens with one attached hydrogen (secondary N) is 2. The van der Waals surface area contributed by atoms with Crippen molar-refractivity contribution in [3.8, 4) is 11.1 Å². The summed E-state index contributed by atoms with van der Waals surface area (Å²) in [6.07, 6.45) is -3.89. The summed E-state index contributed by atoms with van der Waals surface area (Å²) in [5.41, 5.74) is 8.15. The van der Waals surface area contributed by atoms with Crippen molar-refractivity contribution in [1.29, 1.82) is 0 Å². The quantitative estimate of drug-likeness (QED) is 0.274. The van der Waals surface area contributed by atoms with E-state index in [0.29, 0.717) is 35.6 Å². The molecule has 0 saturated heterocycles. The van der Waals surface area contributed by atoms with Crippen molar-refractivity contribution in [3.63, 3.8) is 0 Å². The standard InChI is InChI=1S/C28H25F3N4O/c1-18-16-23(19-6-3-2-4-7-19)24(17-25(18)28(29,30)31)27(36)35-22-12-10-20(11-13-22)33-15-14-21-8-5-9-26(32)34-21/h2-13,16-17,33H,14-15H2,1H3,(H2,32,34)(H,35,36). The molecule has 4 aromatic rings. The van der Waals surface area contributed by atoms with E-state index in [9.17, 15) is 18.0 Å². The number of hydrogen-bond donors (Lipinski definition) is 3. The van der Waals surface area contributed by atoms with E-state index in [2.05, 4.69) is 15.6 Å². The lowest BCUT2D eigenvalue weighted by molar-refractivity contribution is -0.138. The number of nitrogen functional groups attached to an aromatic ring is 1. The molecule has 0 unspecified atom stereocenters. The minimum Gasteiger partial charge on any atom is -0.385 e. The SMILES string of the molecule is Cc1cc(-c2ccccc2)c(C(=O)Nc2ccc(NCCc3cccc(N)n3)cc2)cc1C(F)(F)F. The van der Waals surface area contributed by atoms with Crippen LogP contribution in [0.3, 0.4) is 0 Å². The number of anilines is 3. The molecule has 0 aliphatic heterocycles. The van der Waals surface area contributed by atoms with Crippen LogP contribution in [0.5, 0.6) is 0 Å². The first-order valence-corrected chi connectivity index (χ1v) is 11.3. The van der Waals surface area contributed by atoms with E-state index >= 15 is 0 Å². The Labute approximate surface area is 207 Å². The fourth-order valence-electron chi connectivity index (χ4n) is 3.90. The Balaban J connectivity index is 1.50. The molecule has 3 aromatic carbocycles. The summed E-state index contributed by atoms with van der Waals surface area (Å²) >= 11 is 0. The first-order chi connectivity index (χ1) is 17.2. The van der Waals surface area contributed by atoms with Crippen molar-refractivity contribution in [1.82, 2.24) is 4.98 Å². The van der Waals surface area contributed by atoms with E-state index in [1.54, 1.807) is 54.6 Å². The number of nitrogens with two attached hydrogens (primary N) is 1. The summed E-state index contributed by atoms with van der Waals surface area (Å²) in [4.78, 5) is 17.4. The van der Waals surface area contributed by atoms with E-state index in [1.165, 1.54) is 13.0 Å². The number of benzene rings is 3. The molecule has 0 spiro atoms. The zero-order valence-electron chi connectivity index (χ0n) is 19.6. The molecule has 36 heavy (non-hydrogen) atoms. The van der Waals surface area contributed by atoms with Gasteiger partial charge in [-0.15, -0.1) is 0 Å².